The zero-order valence-electron chi connectivity index (χ0n) is 13.1. The molecule has 0 spiro atoms. The van der Waals surface area contributed by atoms with Crippen molar-refractivity contribution in [2.24, 2.45) is 0 Å². The minimum atomic E-state index is -0.140. The number of aromatic nitrogens is 3. The summed E-state index contributed by atoms with van der Waals surface area (Å²) in [6, 6.07) is 10.6. The number of nitrogens with one attached hydrogen (secondary N) is 2. The molecule has 0 radical (unpaired) electrons. The standard InChI is InChI=1S/C16H21N5O.ClH/c1-12-9-14(7-8-17-12)18-16(22)15-11-21(20-19-15)10-13-5-3-2-4-6-13;/h2-6,11-12,14,17H,7-10H2,1H3,(H,18,22);1H. The number of hydrogen-bond donors (Lipinski definition) is 2. The van der Waals surface area contributed by atoms with Crippen LogP contribution in [0.5, 0.6) is 0 Å². The van der Waals surface area contributed by atoms with Gasteiger partial charge in [0.05, 0.1) is 12.7 Å². The fourth-order valence-electron chi connectivity index (χ4n) is 2.77. The van der Waals surface area contributed by atoms with Gasteiger partial charge in [-0.2, -0.15) is 0 Å². The molecular weight excluding hydrogens is 314 g/mol. The van der Waals surface area contributed by atoms with Gasteiger partial charge in [0.25, 0.3) is 5.91 Å². The Bertz CT molecular complexity index is 630. The number of nitrogens with zero attached hydrogens (tertiary/aromatic N) is 3. The highest BCUT2D eigenvalue weighted by molar-refractivity contribution is 5.92. The van der Waals surface area contributed by atoms with Crippen LogP contribution < -0.4 is 10.6 Å². The summed E-state index contributed by atoms with van der Waals surface area (Å²) >= 11 is 0. The molecule has 2 N–H and O–H groups in total. The number of hydrogen-bond acceptors (Lipinski definition) is 4. The van der Waals surface area contributed by atoms with Crippen LogP contribution in [0.1, 0.15) is 35.8 Å². The molecule has 7 heteroatoms. The lowest BCUT2D eigenvalue weighted by Gasteiger charge is -2.28. The molecule has 3 rings (SSSR count). The van der Waals surface area contributed by atoms with Crippen LogP contribution in [-0.2, 0) is 6.54 Å². The number of halogens is 1. The van der Waals surface area contributed by atoms with Crippen molar-refractivity contribution in [3.8, 4) is 0 Å². The molecule has 23 heavy (non-hydrogen) atoms. The number of piperidine rings is 1. The summed E-state index contributed by atoms with van der Waals surface area (Å²) in [6.07, 6.45) is 3.60. The minimum absolute atomic E-state index is 0. The largest absolute Gasteiger partial charge is 0.348 e. The van der Waals surface area contributed by atoms with Crippen molar-refractivity contribution in [2.45, 2.75) is 38.4 Å². The number of amides is 1. The van der Waals surface area contributed by atoms with Gasteiger partial charge in [-0.25, -0.2) is 4.68 Å². The lowest BCUT2D eigenvalue weighted by atomic mass is 10.0. The van der Waals surface area contributed by atoms with Crippen molar-refractivity contribution in [3.63, 3.8) is 0 Å². The first kappa shape index (κ1) is 17.4. The molecule has 2 atom stereocenters. The molecule has 2 heterocycles. The lowest BCUT2D eigenvalue weighted by Crippen LogP contribution is -2.46. The smallest absolute Gasteiger partial charge is 0.273 e. The van der Waals surface area contributed by atoms with Gasteiger partial charge in [0.15, 0.2) is 5.69 Å². The van der Waals surface area contributed by atoms with Crippen molar-refractivity contribution < 1.29 is 4.79 Å². The van der Waals surface area contributed by atoms with Crippen molar-refractivity contribution in [1.82, 2.24) is 25.6 Å². The average molecular weight is 336 g/mol. The summed E-state index contributed by atoms with van der Waals surface area (Å²) in [5, 5.41) is 14.4. The molecule has 1 aliphatic heterocycles. The number of carbonyl (C=O) groups excluding carboxylic acids is 1. The van der Waals surface area contributed by atoms with E-state index in [1.165, 1.54) is 0 Å². The van der Waals surface area contributed by atoms with Crippen LogP contribution in [-0.4, -0.2) is 39.5 Å². The lowest BCUT2D eigenvalue weighted by molar-refractivity contribution is 0.0920. The number of carbonyl (C=O) groups is 1. The van der Waals surface area contributed by atoms with Gasteiger partial charge in [0, 0.05) is 12.1 Å². The zero-order valence-corrected chi connectivity index (χ0v) is 13.9. The number of benzene rings is 1. The second-order valence-corrected chi connectivity index (χ2v) is 5.84. The third kappa shape index (κ3) is 4.77. The van der Waals surface area contributed by atoms with Crippen LogP contribution in [0.2, 0.25) is 0 Å². The quantitative estimate of drug-likeness (QED) is 0.890. The van der Waals surface area contributed by atoms with Gasteiger partial charge in [-0.15, -0.1) is 17.5 Å². The Kier molecular flexibility index (Phi) is 6.12. The zero-order chi connectivity index (χ0) is 15.4. The average Bonchev–Trinajstić information content (AvgIpc) is 2.97. The summed E-state index contributed by atoms with van der Waals surface area (Å²) in [6.45, 7) is 3.69. The highest BCUT2D eigenvalue weighted by Crippen LogP contribution is 2.09. The molecule has 0 aliphatic carbocycles. The van der Waals surface area contributed by atoms with E-state index in [0.717, 1.165) is 24.9 Å². The van der Waals surface area contributed by atoms with E-state index in [1.54, 1.807) is 10.9 Å². The topological polar surface area (TPSA) is 71.8 Å². The Morgan fingerprint density at radius 2 is 2.17 bits per heavy atom. The van der Waals surface area contributed by atoms with Crippen LogP contribution >= 0.6 is 12.4 Å². The molecule has 2 aromatic rings. The van der Waals surface area contributed by atoms with Crippen LogP contribution in [0.4, 0.5) is 0 Å². The van der Waals surface area contributed by atoms with Crippen molar-refractivity contribution in [3.05, 3.63) is 47.8 Å². The van der Waals surface area contributed by atoms with Crippen molar-refractivity contribution in [1.29, 1.82) is 0 Å². The Balaban J connectivity index is 0.00000192. The van der Waals surface area contributed by atoms with Crippen LogP contribution in [0, 0.1) is 0 Å². The first-order chi connectivity index (χ1) is 10.7. The monoisotopic (exact) mass is 335 g/mol. The molecule has 1 amide bonds. The molecule has 1 fully saturated rings. The van der Waals surface area contributed by atoms with E-state index in [0.29, 0.717) is 18.3 Å². The first-order valence-electron chi connectivity index (χ1n) is 7.69. The summed E-state index contributed by atoms with van der Waals surface area (Å²) in [5.41, 5.74) is 1.51. The van der Waals surface area contributed by atoms with Crippen LogP contribution in [0.25, 0.3) is 0 Å². The summed E-state index contributed by atoms with van der Waals surface area (Å²) in [4.78, 5) is 12.2. The van der Waals surface area contributed by atoms with Gasteiger partial charge in [0.1, 0.15) is 0 Å². The van der Waals surface area contributed by atoms with E-state index in [4.69, 9.17) is 0 Å². The third-order valence-corrected chi connectivity index (χ3v) is 3.92. The summed E-state index contributed by atoms with van der Waals surface area (Å²) in [5.74, 6) is -0.140. The van der Waals surface area contributed by atoms with Gasteiger partial charge in [-0.1, -0.05) is 35.5 Å². The van der Waals surface area contributed by atoms with Crippen molar-refractivity contribution in [2.75, 3.05) is 6.54 Å². The molecule has 1 aromatic carbocycles. The van der Waals surface area contributed by atoms with Gasteiger partial charge in [-0.05, 0) is 31.9 Å². The second-order valence-electron chi connectivity index (χ2n) is 5.84. The highest BCUT2D eigenvalue weighted by atomic mass is 35.5. The van der Waals surface area contributed by atoms with E-state index < -0.39 is 0 Å². The first-order valence-corrected chi connectivity index (χ1v) is 7.69. The van der Waals surface area contributed by atoms with Gasteiger partial charge in [0.2, 0.25) is 0 Å². The van der Waals surface area contributed by atoms with E-state index >= 15 is 0 Å². The van der Waals surface area contributed by atoms with Crippen LogP contribution in [0.15, 0.2) is 36.5 Å². The molecule has 0 saturated carbocycles. The van der Waals surface area contributed by atoms with Gasteiger partial charge < -0.3 is 10.6 Å². The second kappa shape index (κ2) is 8.08. The van der Waals surface area contributed by atoms with Crippen molar-refractivity contribution >= 4 is 18.3 Å². The maximum absolute atomic E-state index is 12.2. The molecule has 6 nitrogen and oxygen atoms in total. The Hall–Kier alpha value is -1.92. The van der Waals surface area contributed by atoms with E-state index in [-0.39, 0.29) is 24.4 Å². The number of rotatable bonds is 4. The molecule has 124 valence electrons. The Morgan fingerprint density at radius 3 is 2.91 bits per heavy atom. The molecule has 0 bridgehead atoms. The van der Waals surface area contributed by atoms with Gasteiger partial charge in [-0.3, -0.25) is 4.79 Å². The normalized spacial score (nSPS) is 20.6. The van der Waals surface area contributed by atoms with Crippen LogP contribution in [0.3, 0.4) is 0 Å². The van der Waals surface area contributed by atoms with E-state index in [1.807, 2.05) is 30.3 Å². The maximum Gasteiger partial charge on any atom is 0.273 e. The molecular formula is C16H22ClN5O. The predicted octanol–water partition coefficient (Wildman–Crippen LogP) is 1.62. The SMILES string of the molecule is CC1CC(NC(=O)c2cn(Cc3ccccc3)nn2)CCN1.Cl. The molecule has 1 aliphatic rings. The maximum atomic E-state index is 12.2. The predicted molar refractivity (Wildman–Crippen MR) is 90.8 cm³/mol. The molecule has 1 aromatic heterocycles. The molecule has 2 unspecified atom stereocenters. The fraction of sp³-hybridized carbons (Fsp3) is 0.438. The summed E-state index contributed by atoms with van der Waals surface area (Å²) < 4.78 is 1.69. The third-order valence-electron chi connectivity index (χ3n) is 3.92. The van der Waals surface area contributed by atoms with Gasteiger partial charge >= 0.3 is 0 Å². The Morgan fingerprint density at radius 1 is 1.39 bits per heavy atom. The molecule has 1 saturated heterocycles. The Labute approximate surface area is 142 Å². The fourth-order valence-corrected chi connectivity index (χ4v) is 2.77. The van der Waals surface area contributed by atoms with E-state index in [9.17, 15) is 4.79 Å². The summed E-state index contributed by atoms with van der Waals surface area (Å²) in [7, 11) is 0. The highest BCUT2D eigenvalue weighted by Gasteiger charge is 2.21. The van der Waals surface area contributed by atoms with E-state index in [2.05, 4.69) is 27.9 Å². The minimum Gasteiger partial charge on any atom is -0.348 e.